The lowest BCUT2D eigenvalue weighted by Gasteiger charge is -2.21. The Balaban J connectivity index is 2.69. The molecule has 118 valence electrons. The lowest BCUT2D eigenvalue weighted by atomic mass is 10.1. The highest BCUT2D eigenvalue weighted by atomic mass is 16.5. The van der Waals surface area contributed by atoms with E-state index < -0.39 is 6.04 Å². The number of carbonyl (C=O) groups excluding carboxylic acids is 1. The largest absolute Gasteiger partial charge is 0.493 e. The molecule has 21 heavy (non-hydrogen) atoms. The van der Waals surface area contributed by atoms with Gasteiger partial charge in [-0.2, -0.15) is 0 Å². The van der Waals surface area contributed by atoms with Crippen molar-refractivity contribution < 1.29 is 19.0 Å². The lowest BCUT2D eigenvalue weighted by molar-refractivity contribution is -0.132. The van der Waals surface area contributed by atoms with Crippen LogP contribution < -0.4 is 15.2 Å². The zero-order chi connectivity index (χ0) is 15.8. The Morgan fingerprint density at radius 2 is 1.90 bits per heavy atom. The summed E-state index contributed by atoms with van der Waals surface area (Å²) in [5.74, 6) is 1.19. The van der Waals surface area contributed by atoms with Crippen LogP contribution in [0, 0.1) is 0 Å². The van der Waals surface area contributed by atoms with Crippen molar-refractivity contribution >= 4 is 5.91 Å². The van der Waals surface area contributed by atoms with Crippen molar-refractivity contribution in [3.8, 4) is 11.5 Å². The van der Waals surface area contributed by atoms with Crippen LogP contribution in [0.3, 0.4) is 0 Å². The Bertz CT molecular complexity index is 465. The van der Waals surface area contributed by atoms with Crippen molar-refractivity contribution in [1.82, 2.24) is 4.90 Å². The molecule has 0 aliphatic rings. The number of amides is 1. The molecule has 1 amide bonds. The van der Waals surface area contributed by atoms with Gasteiger partial charge in [-0.1, -0.05) is 6.07 Å². The minimum Gasteiger partial charge on any atom is -0.493 e. The van der Waals surface area contributed by atoms with Crippen molar-refractivity contribution in [2.45, 2.75) is 19.0 Å². The van der Waals surface area contributed by atoms with Gasteiger partial charge in [-0.05, 0) is 24.1 Å². The first-order valence-electron chi connectivity index (χ1n) is 6.73. The van der Waals surface area contributed by atoms with Crippen molar-refractivity contribution in [3.63, 3.8) is 0 Å². The van der Waals surface area contributed by atoms with E-state index in [1.165, 1.54) is 0 Å². The van der Waals surface area contributed by atoms with Gasteiger partial charge >= 0.3 is 0 Å². The predicted molar refractivity (Wildman–Crippen MR) is 80.5 cm³/mol. The summed E-state index contributed by atoms with van der Waals surface area (Å²) < 4.78 is 15.4. The molecule has 1 aromatic rings. The van der Waals surface area contributed by atoms with Gasteiger partial charge < -0.3 is 24.8 Å². The normalized spacial score (nSPS) is 11.9. The van der Waals surface area contributed by atoms with Gasteiger partial charge in [-0.15, -0.1) is 0 Å². The van der Waals surface area contributed by atoms with Crippen LogP contribution >= 0.6 is 0 Å². The van der Waals surface area contributed by atoms with Crippen LogP contribution in [-0.4, -0.2) is 51.8 Å². The number of nitrogens with zero attached hydrogens (tertiary/aromatic N) is 1. The van der Waals surface area contributed by atoms with Crippen LogP contribution in [0.1, 0.15) is 12.0 Å². The van der Waals surface area contributed by atoms with Crippen LogP contribution in [0.4, 0.5) is 0 Å². The number of hydrogen-bond acceptors (Lipinski definition) is 5. The molecule has 6 nitrogen and oxygen atoms in total. The molecule has 0 saturated carbocycles. The van der Waals surface area contributed by atoms with Crippen LogP contribution in [0.2, 0.25) is 0 Å². The second-order valence-corrected chi connectivity index (χ2v) is 4.77. The Hall–Kier alpha value is -1.79. The van der Waals surface area contributed by atoms with E-state index in [2.05, 4.69) is 0 Å². The molecule has 1 rings (SSSR count). The van der Waals surface area contributed by atoms with E-state index in [0.717, 1.165) is 5.56 Å². The smallest absolute Gasteiger partial charge is 0.239 e. The van der Waals surface area contributed by atoms with Gasteiger partial charge in [0.1, 0.15) is 0 Å². The van der Waals surface area contributed by atoms with Gasteiger partial charge in [-0.3, -0.25) is 4.79 Å². The molecule has 0 aliphatic carbocycles. The van der Waals surface area contributed by atoms with E-state index in [0.29, 0.717) is 31.1 Å². The van der Waals surface area contributed by atoms with E-state index in [1.807, 2.05) is 18.2 Å². The first-order valence-corrected chi connectivity index (χ1v) is 6.73. The van der Waals surface area contributed by atoms with Crippen LogP contribution in [0.5, 0.6) is 11.5 Å². The molecule has 0 aromatic heterocycles. The van der Waals surface area contributed by atoms with Crippen molar-refractivity contribution in [2.24, 2.45) is 5.73 Å². The SMILES string of the molecule is COCCC(N)C(=O)N(C)Cc1ccc(OC)c(OC)c1. The third-order valence-electron chi connectivity index (χ3n) is 3.19. The molecular weight excluding hydrogens is 272 g/mol. The topological polar surface area (TPSA) is 74.0 Å². The summed E-state index contributed by atoms with van der Waals surface area (Å²) in [7, 11) is 6.48. The van der Waals surface area contributed by atoms with Gasteiger partial charge in [0.25, 0.3) is 0 Å². The summed E-state index contributed by atoms with van der Waals surface area (Å²) in [6.07, 6.45) is 0.506. The number of methoxy groups -OCH3 is 3. The standard InChI is InChI=1S/C15H24N2O4/c1-17(15(18)12(16)7-8-19-2)10-11-5-6-13(20-3)14(9-11)21-4/h5-6,9,12H,7-8,10,16H2,1-4H3. The molecule has 0 heterocycles. The summed E-state index contributed by atoms with van der Waals surface area (Å²) in [6.45, 7) is 0.928. The molecule has 6 heteroatoms. The monoisotopic (exact) mass is 296 g/mol. The number of benzene rings is 1. The molecule has 0 aliphatic heterocycles. The minimum atomic E-state index is -0.546. The van der Waals surface area contributed by atoms with Gasteiger partial charge in [0, 0.05) is 27.3 Å². The molecule has 1 unspecified atom stereocenters. The fourth-order valence-electron chi connectivity index (χ4n) is 1.98. The molecule has 1 atom stereocenters. The molecule has 0 bridgehead atoms. The van der Waals surface area contributed by atoms with Gasteiger partial charge in [0.2, 0.25) is 5.91 Å². The van der Waals surface area contributed by atoms with Gasteiger partial charge in [-0.25, -0.2) is 0 Å². The van der Waals surface area contributed by atoms with E-state index in [-0.39, 0.29) is 5.91 Å². The second kappa shape index (κ2) is 8.49. The Labute approximate surface area is 125 Å². The summed E-state index contributed by atoms with van der Waals surface area (Å²) in [5, 5.41) is 0. The van der Waals surface area contributed by atoms with Crippen molar-refractivity contribution in [1.29, 1.82) is 0 Å². The highest BCUT2D eigenvalue weighted by Crippen LogP contribution is 2.27. The van der Waals surface area contributed by atoms with Gasteiger partial charge in [0.15, 0.2) is 11.5 Å². The Morgan fingerprint density at radius 1 is 1.24 bits per heavy atom. The maximum Gasteiger partial charge on any atom is 0.239 e. The Morgan fingerprint density at radius 3 is 2.48 bits per heavy atom. The molecule has 0 fully saturated rings. The quantitative estimate of drug-likeness (QED) is 0.775. The average molecular weight is 296 g/mol. The minimum absolute atomic E-state index is 0.109. The van der Waals surface area contributed by atoms with Gasteiger partial charge in [0.05, 0.1) is 20.3 Å². The van der Waals surface area contributed by atoms with Crippen LogP contribution in [-0.2, 0) is 16.1 Å². The Kier molecular flexibility index (Phi) is 6.98. The van der Waals surface area contributed by atoms with E-state index in [1.54, 1.807) is 33.3 Å². The zero-order valence-corrected chi connectivity index (χ0v) is 13.1. The third-order valence-corrected chi connectivity index (χ3v) is 3.19. The average Bonchev–Trinajstić information content (AvgIpc) is 2.51. The number of carbonyl (C=O) groups is 1. The van der Waals surface area contributed by atoms with E-state index in [9.17, 15) is 4.79 Å². The van der Waals surface area contributed by atoms with E-state index >= 15 is 0 Å². The molecule has 1 aromatic carbocycles. The maximum atomic E-state index is 12.1. The first kappa shape index (κ1) is 17.3. The second-order valence-electron chi connectivity index (χ2n) is 4.77. The highest BCUT2D eigenvalue weighted by molar-refractivity contribution is 5.81. The van der Waals surface area contributed by atoms with Crippen molar-refractivity contribution in [3.05, 3.63) is 23.8 Å². The fraction of sp³-hybridized carbons (Fsp3) is 0.533. The highest BCUT2D eigenvalue weighted by Gasteiger charge is 2.18. The first-order chi connectivity index (χ1) is 10.0. The number of rotatable bonds is 8. The summed E-state index contributed by atoms with van der Waals surface area (Å²) in [5.41, 5.74) is 6.79. The summed E-state index contributed by atoms with van der Waals surface area (Å²) in [4.78, 5) is 13.7. The summed E-state index contributed by atoms with van der Waals surface area (Å²) in [6, 6.07) is 5.02. The molecule has 0 saturated heterocycles. The third kappa shape index (κ3) is 4.91. The number of hydrogen-bond donors (Lipinski definition) is 1. The number of nitrogens with two attached hydrogens (primary N) is 1. The molecular formula is C15H24N2O4. The van der Waals surface area contributed by atoms with Crippen LogP contribution in [0.25, 0.3) is 0 Å². The molecule has 2 N–H and O–H groups in total. The number of ether oxygens (including phenoxy) is 3. The predicted octanol–water partition coefficient (Wildman–Crippen LogP) is 1.03. The van der Waals surface area contributed by atoms with Crippen molar-refractivity contribution in [2.75, 3.05) is 35.0 Å². The van der Waals surface area contributed by atoms with Crippen LogP contribution in [0.15, 0.2) is 18.2 Å². The fourth-order valence-corrected chi connectivity index (χ4v) is 1.98. The maximum absolute atomic E-state index is 12.1. The molecule has 0 radical (unpaired) electrons. The molecule has 0 spiro atoms. The summed E-state index contributed by atoms with van der Waals surface area (Å²) >= 11 is 0. The number of likely N-dealkylation sites (N-methyl/N-ethyl adjacent to an activating group) is 1. The lowest BCUT2D eigenvalue weighted by Crippen LogP contribution is -2.42. The zero-order valence-electron chi connectivity index (χ0n) is 13.1. The van der Waals surface area contributed by atoms with E-state index in [4.69, 9.17) is 19.9 Å².